The van der Waals surface area contributed by atoms with E-state index in [0.717, 1.165) is 18.1 Å². The van der Waals surface area contributed by atoms with Crippen molar-refractivity contribution in [3.63, 3.8) is 0 Å². The predicted molar refractivity (Wildman–Crippen MR) is 78.3 cm³/mol. The average molecular weight is 261 g/mol. The first-order valence-corrected chi connectivity index (χ1v) is 7.15. The molecule has 0 bridgehead atoms. The first-order valence-electron chi connectivity index (χ1n) is 6.27. The molecule has 2 heterocycles. The minimum atomic E-state index is 0.399. The summed E-state index contributed by atoms with van der Waals surface area (Å²) in [6.07, 6.45) is 1.65. The number of rotatable bonds is 4. The maximum Gasteiger partial charge on any atom is 0.133 e. The summed E-state index contributed by atoms with van der Waals surface area (Å²) in [5.74, 6) is 1.36. The molecule has 2 aromatic rings. The molecule has 0 radical (unpaired) electrons. The summed E-state index contributed by atoms with van der Waals surface area (Å²) in [4.78, 5) is 10.2. The minimum absolute atomic E-state index is 0.399. The molecular weight excluding hydrogens is 242 g/mol. The lowest BCUT2D eigenvalue weighted by Crippen LogP contribution is -2.07. The molecule has 4 heteroatoms. The first-order chi connectivity index (χ1) is 8.63. The van der Waals surface area contributed by atoms with E-state index in [4.69, 9.17) is 0 Å². The number of anilines is 1. The number of hydrogen-bond acceptors (Lipinski definition) is 4. The molecule has 3 nitrogen and oxygen atoms in total. The van der Waals surface area contributed by atoms with Crippen LogP contribution in [-0.4, -0.2) is 16.5 Å². The molecule has 96 valence electrons. The number of aryl methyl sites for hydroxylation is 1. The molecule has 0 saturated heterocycles. The Kier molecular flexibility index (Phi) is 3.97. The fourth-order valence-corrected chi connectivity index (χ4v) is 2.74. The summed E-state index contributed by atoms with van der Waals surface area (Å²) in [6, 6.07) is 2.19. The summed E-state index contributed by atoms with van der Waals surface area (Å²) in [5.41, 5.74) is 3.46. The third kappa shape index (κ3) is 2.53. The molecular formula is C14H19N3S. The van der Waals surface area contributed by atoms with E-state index in [1.165, 1.54) is 16.0 Å². The van der Waals surface area contributed by atoms with Crippen molar-refractivity contribution in [1.82, 2.24) is 9.97 Å². The largest absolute Gasteiger partial charge is 0.370 e. The summed E-state index contributed by atoms with van der Waals surface area (Å²) >= 11 is 1.76. The molecule has 0 unspecified atom stereocenters. The molecule has 0 atom stereocenters. The molecule has 0 saturated carbocycles. The third-order valence-corrected chi connectivity index (χ3v) is 3.67. The molecule has 0 aromatic carbocycles. The Morgan fingerprint density at radius 3 is 2.67 bits per heavy atom. The minimum Gasteiger partial charge on any atom is -0.370 e. The van der Waals surface area contributed by atoms with Crippen LogP contribution in [0.2, 0.25) is 0 Å². The van der Waals surface area contributed by atoms with Gasteiger partial charge in [0.05, 0.1) is 5.69 Å². The van der Waals surface area contributed by atoms with E-state index in [1.807, 2.05) is 0 Å². The molecule has 1 N–H and O–H groups in total. The van der Waals surface area contributed by atoms with Crippen LogP contribution < -0.4 is 5.32 Å². The summed E-state index contributed by atoms with van der Waals surface area (Å²) < 4.78 is 0. The lowest BCUT2D eigenvalue weighted by Gasteiger charge is -2.15. The number of nitrogens with zero attached hydrogens (tertiary/aromatic N) is 2. The Bertz CT molecular complexity index is 532. The van der Waals surface area contributed by atoms with Gasteiger partial charge in [0.25, 0.3) is 0 Å². The molecule has 0 aliphatic rings. The quantitative estimate of drug-likeness (QED) is 0.901. The highest BCUT2D eigenvalue weighted by Gasteiger charge is 2.16. The van der Waals surface area contributed by atoms with Gasteiger partial charge in [-0.05, 0) is 25.8 Å². The Morgan fingerprint density at radius 2 is 2.11 bits per heavy atom. The van der Waals surface area contributed by atoms with Crippen LogP contribution in [0.4, 0.5) is 5.82 Å². The van der Waals surface area contributed by atoms with E-state index in [9.17, 15) is 0 Å². The van der Waals surface area contributed by atoms with Gasteiger partial charge in [-0.15, -0.1) is 11.3 Å². The predicted octanol–water partition coefficient (Wildman–Crippen LogP) is 4.07. The van der Waals surface area contributed by atoms with E-state index in [1.54, 1.807) is 17.7 Å². The van der Waals surface area contributed by atoms with Gasteiger partial charge in [-0.25, -0.2) is 9.97 Å². The lowest BCUT2D eigenvalue weighted by molar-refractivity contribution is 0.849. The maximum atomic E-state index is 4.48. The van der Waals surface area contributed by atoms with Gasteiger partial charge in [0.1, 0.15) is 12.1 Å². The van der Waals surface area contributed by atoms with E-state index in [-0.39, 0.29) is 0 Å². The SMILES string of the molecule is CCNc1ncnc(-c2csc(C)c2)c1C(C)C. The smallest absolute Gasteiger partial charge is 0.133 e. The molecule has 18 heavy (non-hydrogen) atoms. The fraction of sp³-hybridized carbons (Fsp3) is 0.429. The monoisotopic (exact) mass is 261 g/mol. The van der Waals surface area contributed by atoms with Gasteiger partial charge in [0.15, 0.2) is 0 Å². The van der Waals surface area contributed by atoms with E-state index < -0.39 is 0 Å². The van der Waals surface area contributed by atoms with Crippen LogP contribution in [0, 0.1) is 6.92 Å². The Morgan fingerprint density at radius 1 is 1.33 bits per heavy atom. The zero-order valence-electron chi connectivity index (χ0n) is 11.3. The first kappa shape index (κ1) is 13.0. The normalized spacial score (nSPS) is 10.9. The summed E-state index contributed by atoms with van der Waals surface area (Å²) in [6.45, 7) is 9.44. The molecule has 0 fully saturated rings. The fourth-order valence-electron chi connectivity index (χ4n) is 2.05. The number of thiophene rings is 1. The van der Waals surface area contributed by atoms with E-state index >= 15 is 0 Å². The average Bonchev–Trinajstić information content (AvgIpc) is 2.75. The highest BCUT2D eigenvalue weighted by molar-refractivity contribution is 7.10. The van der Waals surface area contributed by atoms with Crippen molar-refractivity contribution in [2.24, 2.45) is 0 Å². The Balaban J connectivity index is 2.56. The van der Waals surface area contributed by atoms with Crippen molar-refractivity contribution in [1.29, 1.82) is 0 Å². The van der Waals surface area contributed by atoms with Crippen LogP contribution in [0.25, 0.3) is 11.3 Å². The van der Waals surface area contributed by atoms with E-state index in [0.29, 0.717) is 5.92 Å². The van der Waals surface area contributed by atoms with Crippen LogP contribution in [0.3, 0.4) is 0 Å². The van der Waals surface area contributed by atoms with Crippen LogP contribution in [0.1, 0.15) is 37.1 Å². The molecule has 2 rings (SSSR count). The maximum absolute atomic E-state index is 4.48. The van der Waals surface area contributed by atoms with Gasteiger partial charge >= 0.3 is 0 Å². The molecule has 0 aliphatic heterocycles. The highest BCUT2D eigenvalue weighted by atomic mass is 32.1. The zero-order valence-corrected chi connectivity index (χ0v) is 12.1. The van der Waals surface area contributed by atoms with E-state index in [2.05, 4.69) is 54.4 Å². The van der Waals surface area contributed by atoms with Crippen LogP contribution >= 0.6 is 11.3 Å². The number of hydrogen-bond donors (Lipinski definition) is 1. The molecule has 0 spiro atoms. The van der Waals surface area contributed by atoms with Gasteiger partial charge in [0, 0.05) is 27.9 Å². The number of aromatic nitrogens is 2. The van der Waals surface area contributed by atoms with Gasteiger partial charge < -0.3 is 5.32 Å². The van der Waals surface area contributed by atoms with Gasteiger partial charge in [-0.2, -0.15) is 0 Å². The zero-order chi connectivity index (χ0) is 13.1. The van der Waals surface area contributed by atoms with Gasteiger partial charge in [-0.1, -0.05) is 13.8 Å². The van der Waals surface area contributed by atoms with Gasteiger partial charge in [0.2, 0.25) is 0 Å². The Labute approximate surface area is 112 Å². The molecule has 2 aromatic heterocycles. The van der Waals surface area contributed by atoms with Crippen LogP contribution in [-0.2, 0) is 0 Å². The second-order valence-corrected chi connectivity index (χ2v) is 5.73. The van der Waals surface area contributed by atoms with Crippen molar-refractivity contribution < 1.29 is 0 Å². The highest BCUT2D eigenvalue weighted by Crippen LogP contribution is 2.33. The standard InChI is InChI=1S/C14H19N3S/c1-5-15-14-12(9(2)3)13(16-8-17-14)11-6-10(4)18-7-11/h6-9H,5H2,1-4H3,(H,15,16,17). The molecule has 0 amide bonds. The van der Waals surface area contributed by atoms with Crippen molar-refractivity contribution in [3.05, 3.63) is 28.2 Å². The third-order valence-electron chi connectivity index (χ3n) is 2.81. The summed E-state index contributed by atoms with van der Waals surface area (Å²) in [5, 5.41) is 5.49. The van der Waals surface area contributed by atoms with Crippen molar-refractivity contribution in [2.45, 2.75) is 33.6 Å². The second-order valence-electron chi connectivity index (χ2n) is 4.62. The number of nitrogens with one attached hydrogen (secondary N) is 1. The molecule has 0 aliphatic carbocycles. The van der Waals surface area contributed by atoms with Crippen molar-refractivity contribution in [2.75, 3.05) is 11.9 Å². The lowest BCUT2D eigenvalue weighted by atomic mass is 9.98. The van der Waals surface area contributed by atoms with Crippen molar-refractivity contribution in [3.8, 4) is 11.3 Å². The van der Waals surface area contributed by atoms with Crippen LogP contribution in [0.15, 0.2) is 17.8 Å². The summed E-state index contributed by atoms with van der Waals surface area (Å²) in [7, 11) is 0. The Hall–Kier alpha value is -1.42. The van der Waals surface area contributed by atoms with Gasteiger partial charge in [-0.3, -0.25) is 0 Å². The van der Waals surface area contributed by atoms with Crippen molar-refractivity contribution >= 4 is 17.2 Å². The van der Waals surface area contributed by atoms with Crippen LogP contribution in [0.5, 0.6) is 0 Å². The second kappa shape index (κ2) is 5.48. The topological polar surface area (TPSA) is 37.8 Å².